The zero-order chi connectivity index (χ0) is 28.5. The number of halogens is 1. The highest BCUT2D eigenvalue weighted by atomic mass is 79.9. The van der Waals surface area contributed by atoms with E-state index in [1.165, 1.54) is 49.9 Å². The van der Waals surface area contributed by atoms with Gasteiger partial charge in [-0.15, -0.1) is 15.0 Å². The van der Waals surface area contributed by atoms with Gasteiger partial charge >= 0.3 is 0 Å². The zero-order valence-corrected chi connectivity index (χ0v) is 27.1. The highest BCUT2D eigenvalue weighted by Gasteiger charge is 2.23. The topological polar surface area (TPSA) is 80.0 Å². The van der Waals surface area contributed by atoms with Crippen LogP contribution >= 0.6 is 0 Å². The number of aryl methyl sites for hydroxylation is 1. The fourth-order valence-electron chi connectivity index (χ4n) is 5.03. The van der Waals surface area contributed by atoms with Gasteiger partial charge in [0.25, 0.3) is 0 Å². The van der Waals surface area contributed by atoms with E-state index in [-0.39, 0.29) is 34.1 Å². The lowest BCUT2D eigenvalue weighted by Gasteiger charge is -2.30. The molecular formula is C32H50BrN5O2. The molecule has 0 spiro atoms. The summed E-state index contributed by atoms with van der Waals surface area (Å²) >= 11 is 0. The molecule has 3 rings (SSSR count). The fourth-order valence-corrected chi connectivity index (χ4v) is 5.03. The van der Waals surface area contributed by atoms with Crippen LogP contribution in [0.25, 0.3) is 16.7 Å². The van der Waals surface area contributed by atoms with Gasteiger partial charge in [-0.3, -0.25) is 4.79 Å². The molecule has 0 radical (unpaired) electrons. The van der Waals surface area contributed by atoms with Crippen LogP contribution in [0.5, 0.6) is 5.75 Å². The summed E-state index contributed by atoms with van der Waals surface area (Å²) in [5.74, 6) is 0.240. The second-order valence-corrected chi connectivity index (χ2v) is 12.6. The first-order valence-electron chi connectivity index (χ1n) is 14.8. The predicted octanol–water partition coefficient (Wildman–Crippen LogP) is 3.30. The summed E-state index contributed by atoms with van der Waals surface area (Å²) in [5, 5.41) is 23.4. The molecule has 0 atom stereocenters. The van der Waals surface area contributed by atoms with Crippen LogP contribution in [0.2, 0.25) is 0 Å². The first-order chi connectivity index (χ1) is 18.5. The van der Waals surface area contributed by atoms with E-state index < -0.39 is 0 Å². The van der Waals surface area contributed by atoms with Crippen LogP contribution in [0, 0.1) is 0 Å². The number of unbranched alkanes of at least 4 members (excludes halogenated alkanes) is 5. The summed E-state index contributed by atoms with van der Waals surface area (Å²) in [6.45, 7) is 11.4. The van der Waals surface area contributed by atoms with Crippen molar-refractivity contribution in [1.29, 1.82) is 0 Å². The van der Waals surface area contributed by atoms with Gasteiger partial charge in [-0.1, -0.05) is 71.6 Å². The molecule has 0 saturated carbocycles. The number of aromatic nitrogens is 3. The molecule has 2 N–H and O–H groups in total. The van der Waals surface area contributed by atoms with Crippen molar-refractivity contribution in [1.82, 2.24) is 20.3 Å². The van der Waals surface area contributed by atoms with Crippen LogP contribution in [0.3, 0.4) is 0 Å². The Morgan fingerprint density at radius 2 is 1.55 bits per heavy atom. The van der Waals surface area contributed by atoms with Crippen molar-refractivity contribution < 1.29 is 31.4 Å². The number of phenolic OH excluding ortho intramolecular Hbond substituents is 1. The normalized spacial score (nSPS) is 11.9. The van der Waals surface area contributed by atoms with E-state index in [9.17, 15) is 9.90 Å². The number of nitrogens with zero attached hydrogens (tertiary/aromatic N) is 4. The van der Waals surface area contributed by atoms with Crippen molar-refractivity contribution in [3.8, 4) is 11.4 Å². The van der Waals surface area contributed by atoms with Crippen molar-refractivity contribution in [3.63, 3.8) is 0 Å². The number of aromatic hydroxyl groups is 1. The van der Waals surface area contributed by atoms with Gasteiger partial charge in [0.15, 0.2) is 0 Å². The number of phenols is 1. The van der Waals surface area contributed by atoms with Gasteiger partial charge in [-0.25, -0.2) is 0 Å². The third-order valence-electron chi connectivity index (χ3n) is 7.48. The average molecular weight is 617 g/mol. The summed E-state index contributed by atoms with van der Waals surface area (Å²) in [4.78, 5) is 14.2. The van der Waals surface area contributed by atoms with Crippen LogP contribution < -0.4 is 22.3 Å². The van der Waals surface area contributed by atoms with Crippen molar-refractivity contribution in [2.45, 2.75) is 90.9 Å². The second kappa shape index (κ2) is 15.5. The minimum atomic E-state index is -0.274. The Morgan fingerprint density at radius 1 is 0.950 bits per heavy atom. The van der Waals surface area contributed by atoms with Gasteiger partial charge in [0.05, 0.1) is 27.2 Å². The van der Waals surface area contributed by atoms with Crippen LogP contribution in [0.4, 0.5) is 0 Å². The first kappa shape index (κ1) is 33.8. The molecule has 0 fully saturated rings. The Labute approximate surface area is 251 Å². The van der Waals surface area contributed by atoms with E-state index in [2.05, 4.69) is 57.3 Å². The number of fused-ring (bicyclic) bond motifs is 1. The molecule has 7 nitrogen and oxygen atoms in total. The van der Waals surface area contributed by atoms with E-state index in [0.29, 0.717) is 25.1 Å². The molecule has 2 aromatic carbocycles. The maximum atomic E-state index is 12.7. The summed E-state index contributed by atoms with van der Waals surface area (Å²) in [5.41, 5.74) is 3.62. The molecule has 0 aliphatic rings. The first-order valence-corrected chi connectivity index (χ1v) is 14.8. The summed E-state index contributed by atoms with van der Waals surface area (Å²) < 4.78 is 1.01. The number of nitrogens with one attached hydrogen (secondary N) is 1. The average Bonchev–Trinajstić information content (AvgIpc) is 3.31. The van der Waals surface area contributed by atoms with Gasteiger partial charge in [0.2, 0.25) is 5.91 Å². The molecule has 3 aromatic rings. The Hall–Kier alpha value is -2.45. The van der Waals surface area contributed by atoms with Crippen LogP contribution in [0.1, 0.15) is 90.2 Å². The fraction of sp³-hybridized carbons (Fsp3) is 0.594. The summed E-state index contributed by atoms with van der Waals surface area (Å²) in [6.07, 6.45) is 9.91. The molecule has 40 heavy (non-hydrogen) atoms. The maximum Gasteiger partial charge on any atom is 0.220 e. The Balaban J connectivity index is 0.00000560. The number of carbonyl (C=O) groups excluding carboxylic acids is 1. The second-order valence-electron chi connectivity index (χ2n) is 12.6. The number of quaternary nitrogens is 1. The molecule has 1 heterocycles. The number of hydrogen-bond acceptors (Lipinski definition) is 4. The lowest BCUT2D eigenvalue weighted by Crippen LogP contribution is -3.00. The van der Waals surface area contributed by atoms with Crippen LogP contribution in [-0.2, 0) is 16.6 Å². The molecule has 0 aliphatic carbocycles. The molecule has 1 aromatic heterocycles. The van der Waals surface area contributed by atoms with Gasteiger partial charge in [0.1, 0.15) is 22.5 Å². The van der Waals surface area contributed by atoms with Crippen molar-refractivity contribution in [2.75, 3.05) is 33.7 Å². The highest BCUT2D eigenvalue weighted by Crippen LogP contribution is 2.36. The lowest BCUT2D eigenvalue weighted by molar-refractivity contribution is -0.890. The van der Waals surface area contributed by atoms with Crippen molar-refractivity contribution in [2.24, 2.45) is 0 Å². The Bertz CT molecular complexity index is 1180. The number of benzene rings is 2. The quantitative estimate of drug-likeness (QED) is 0.203. The Morgan fingerprint density at radius 3 is 2.17 bits per heavy atom. The molecule has 222 valence electrons. The number of hydrogen-bond donors (Lipinski definition) is 2. The van der Waals surface area contributed by atoms with E-state index in [1.807, 2.05) is 36.4 Å². The van der Waals surface area contributed by atoms with Crippen LogP contribution in [0.15, 0.2) is 36.4 Å². The van der Waals surface area contributed by atoms with Crippen molar-refractivity contribution >= 4 is 16.9 Å². The third kappa shape index (κ3) is 10.2. The van der Waals surface area contributed by atoms with Gasteiger partial charge in [-0.2, -0.15) is 0 Å². The van der Waals surface area contributed by atoms with E-state index >= 15 is 0 Å². The minimum Gasteiger partial charge on any atom is -1.00 e. The molecule has 0 aliphatic heterocycles. The molecular weight excluding hydrogens is 566 g/mol. The third-order valence-corrected chi connectivity index (χ3v) is 7.48. The van der Waals surface area contributed by atoms with E-state index in [1.54, 1.807) is 0 Å². The predicted molar refractivity (Wildman–Crippen MR) is 160 cm³/mol. The molecule has 0 unspecified atom stereocenters. The molecule has 8 heteroatoms. The SMILES string of the molecule is CCCCCCCC[N+](C)(C)CCCNC(=O)CCc1cc(-n2nc3ccccc3n2)c(O)c(C(C)(C)C)c1.[Br-]. The maximum absolute atomic E-state index is 12.7. The van der Waals surface area contributed by atoms with Crippen molar-refractivity contribution in [3.05, 3.63) is 47.5 Å². The van der Waals surface area contributed by atoms with Gasteiger partial charge in [0, 0.05) is 24.9 Å². The smallest absolute Gasteiger partial charge is 0.220 e. The number of carbonyl (C=O) groups is 1. The number of rotatable bonds is 15. The summed E-state index contributed by atoms with van der Waals surface area (Å²) in [7, 11) is 4.58. The summed E-state index contributed by atoms with van der Waals surface area (Å²) in [6, 6.07) is 11.6. The Kier molecular flexibility index (Phi) is 13.1. The van der Waals surface area contributed by atoms with Crippen LogP contribution in [-0.4, -0.2) is 64.2 Å². The van der Waals surface area contributed by atoms with Gasteiger partial charge < -0.3 is 31.9 Å². The van der Waals surface area contributed by atoms with Gasteiger partial charge in [-0.05, 0) is 48.4 Å². The van der Waals surface area contributed by atoms with E-state index in [0.717, 1.165) is 39.6 Å². The highest BCUT2D eigenvalue weighted by molar-refractivity contribution is 5.76. The largest absolute Gasteiger partial charge is 1.00 e. The standard InChI is InChI=1S/C32H49N5O2.BrH/c1-7-8-9-10-11-14-21-37(5,6)22-15-20-33-30(38)19-18-25-23-26(32(2,3)4)31(39)29(24-25)36-34-27-16-12-13-17-28(27)35-36;/h12-13,16-17,23-24H,7-11,14-15,18-22H2,1-6H3,(H-,33,38,39);1H. The van der Waals surface area contributed by atoms with E-state index in [4.69, 9.17) is 0 Å². The molecule has 1 amide bonds. The monoisotopic (exact) mass is 615 g/mol. The number of amides is 1. The molecule has 0 saturated heterocycles. The zero-order valence-electron chi connectivity index (χ0n) is 25.5. The molecule has 0 bridgehead atoms. The minimum absolute atomic E-state index is 0. The lowest BCUT2D eigenvalue weighted by atomic mass is 9.84.